The lowest BCUT2D eigenvalue weighted by molar-refractivity contribution is -0.122. The van der Waals surface area contributed by atoms with Crippen molar-refractivity contribution in [2.24, 2.45) is 5.73 Å². The van der Waals surface area contributed by atoms with E-state index in [-0.39, 0.29) is 11.9 Å². The van der Waals surface area contributed by atoms with Crippen molar-refractivity contribution in [1.82, 2.24) is 9.21 Å². The number of amides is 1. The molecule has 1 atom stereocenters. The van der Waals surface area contributed by atoms with Gasteiger partial charge in [-0.15, -0.1) is 0 Å². The highest BCUT2D eigenvalue weighted by molar-refractivity contribution is 7.90. The van der Waals surface area contributed by atoms with Crippen molar-refractivity contribution in [2.45, 2.75) is 44.4 Å². The maximum absolute atomic E-state index is 12.2. The third-order valence-corrected chi connectivity index (χ3v) is 6.13. The number of likely N-dealkylation sites (N-methyl/N-ethyl adjacent to an activating group) is 1. The van der Waals surface area contributed by atoms with Gasteiger partial charge in [0.15, 0.2) is 0 Å². The van der Waals surface area contributed by atoms with Crippen LogP contribution in [0.25, 0.3) is 0 Å². The molecule has 1 unspecified atom stereocenters. The molecule has 0 bridgehead atoms. The first-order valence-corrected chi connectivity index (χ1v) is 8.00. The Bertz CT molecular complexity index is 428. The Morgan fingerprint density at radius 2 is 2.00 bits per heavy atom. The predicted molar refractivity (Wildman–Crippen MR) is 75.1 cm³/mol. The molecule has 7 heteroatoms. The van der Waals surface area contributed by atoms with Gasteiger partial charge >= 0.3 is 0 Å². The topological polar surface area (TPSA) is 83.7 Å². The van der Waals surface area contributed by atoms with Crippen LogP contribution in [0, 0.1) is 0 Å². The van der Waals surface area contributed by atoms with E-state index in [1.807, 2.05) is 4.90 Å². The standard InChI is InChI=1S/C12H25N3O3S/c1-12(2,3)19(17,18)14(4)8-9-15-7-5-6-10(15)11(13)16/h10H,5-9H2,1-4H3,(H2,13,16). The molecule has 0 aromatic rings. The quantitative estimate of drug-likeness (QED) is 0.772. The molecule has 1 saturated heterocycles. The normalized spacial score (nSPS) is 22.1. The zero-order chi connectivity index (χ0) is 14.8. The van der Waals surface area contributed by atoms with Gasteiger partial charge in [0.1, 0.15) is 0 Å². The van der Waals surface area contributed by atoms with E-state index >= 15 is 0 Å². The lowest BCUT2D eigenvalue weighted by Gasteiger charge is -2.29. The van der Waals surface area contributed by atoms with Crippen LogP contribution in [-0.2, 0) is 14.8 Å². The maximum atomic E-state index is 12.2. The van der Waals surface area contributed by atoms with Gasteiger partial charge in [-0.1, -0.05) is 0 Å². The summed E-state index contributed by atoms with van der Waals surface area (Å²) in [6, 6.07) is -0.245. The third kappa shape index (κ3) is 3.67. The molecular formula is C12H25N3O3S. The minimum atomic E-state index is -3.32. The highest BCUT2D eigenvalue weighted by atomic mass is 32.2. The van der Waals surface area contributed by atoms with Gasteiger partial charge in [-0.2, -0.15) is 0 Å². The van der Waals surface area contributed by atoms with Crippen LogP contribution in [0.15, 0.2) is 0 Å². The summed E-state index contributed by atoms with van der Waals surface area (Å²) in [4.78, 5) is 13.2. The Kier molecular flexibility index (Phi) is 4.97. The summed E-state index contributed by atoms with van der Waals surface area (Å²) in [5.41, 5.74) is 5.34. The Labute approximate surface area is 116 Å². The molecule has 112 valence electrons. The van der Waals surface area contributed by atoms with Crippen molar-refractivity contribution < 1.29 is 13.2 Å². The molecule has 0 radical (unpaired) electrons. The van der Waals surface area contributed by atoms with Gasteiger partial charge in [0.05, 0.1) is 10.8 Å². The van der Waals surface area contributed by atoms with E-state index in [2.05, 4.69) is 0 Å². The molecular weight excluding hydrogens is 266 g/mol. The van der Waals surface area contributed by atoms with E-state index < -0.39 is 14.8 Å². The fourth-order valence-electron chi connectivity index (χ4n) is 2.27. The number of primary amides is 1. The minimum Gasteiger partial charge on any atom is -0.368 e. The fraction of sp³-hybridized carbons (Fsp3) is 0.917. The Hall–Kier alpha value is -0.660. The second-order valence-corrected chi connectivity index (χ2v) is 8.83. The zero-order valence-corrected chi connectivity index (χ0v) is 13.0. The molecule has 0 aromatic carbocycles. The SMILES string of the molecule is CN(CCN1CCCC1C(N)=O)S(=O)(=O)C(C)(C)C. The molecule has 1 rings (SSSR count). The number of hydrogen-bond acceptors (Lipinski definition) is 4. The highest BCUT2D eigenvalue weighted by Gasteiger charge is 2.34. The maximum Gasteiger partial charge on any atom is 0.234 e. The zero-order valence-electron chi connectivity index (χ0n) is 12.2. The van der Waals surface area contributed by atoms with E-state index in [9.17, 15) is 13.2 Å². The number of carbonyl (C=O) groups is 1. The molecule has 6 nitrogen and oxygen atoms in total. The van der Waals surface area contributed by atoms with Gasteiger partial charge in [0, 0.05) is 20.1 Å². The van der Waals surface area contributed by atoms with Crippen LogP contribution in [0.4, 0.5) is 0 Å². The molecule has 0 saturated carbocycles. The monoisotopic (exact) mass is 291 g/mol. The van der Waals surface area contributed by atoms with Crippen molar-refractivity contribution in [1.29, 1.82) is 0 Å². The molecule has 0 spiro atoms. The van der Waals surface area contributed by atoms with Crippen LogP contribution in [0.2, 0.25) is 0 Å². The minimum absolute atomic E-state index is 0.245. The molecule has 1 heterocycles. The molecule has 1 amide bonds. The van der Waals surface area contributed by atoms with Crippen LogP contribution < -0.4 is 5.73 Å². The summed E-state index contributed by atoms with van der Waals surface area (Å²) >= 11 is 0. The number of nitrogens with two attached hydrogens (primary N) is 1. The molecule has 1 aliphatic rings. The summed E-state index contributed by atoms with van der Waals surface area (Å²) in [5.74, 6) is -0.321. The molecule has 2 N–H and O–H groups in total. The first kappa shape index (κ1) is 16.4. The largest absolute Gasteiger partial charge is 0.368 e. The lowest BCUT2D eigenvalue weighted by atomic mass is 10.2. The number of likely N-dealkylation sites (tertiary alicyclic amines) is 1. The van der Waals surface area contributed by atoms with Gasteiger partial charge in [-0.25, -0.2) is 12.7 Å². The van der Waals surface area contributed by atoms with E-state index in [1.165, 1.54) is 4.31 Å². The van der Waals surface area contributed by atoms with Gasteiger partial charge in [0.25, 0.3) is 0 Å². The Morgan fingerprint density at radius 3 is 2.47 bits per heavy atom. The number of hydrogen-bond donors (Lipinski definition) is 1. The van der Waals surface area contributed by atoms with E-state index in [0.717, 1.165) is 19.4 Å². The predicted octanol–water partition coefficient (Wildman–Crippen LogP) is -0.00380. The van der Waals surface area contributed by atoms with E-state index in [1.54, 1.807) is 27.8 Å². The fourth-order valence-corrected chi connectivity index (χ4v) is 3.53. The Morgan fingerprint density at radius 1 is 1.42 bits per heavy atom. The second kappa shape index (κ2) is 5.76. The van der Waals surface area contributed by atoms with Gasteiger partial charge in [0.2, 0.25) is 15.9 Å². The lowest BCUT2D eigenvalue weighted by Crippen LogP contribution is -2.47. The molecule has 0 aliphatic carbocycles. The van der Waals surface area contributed by atoms with Crippen LogP contribution in [0.3, 0.4) is 0 Å². The van der Waals surface area contributed by atoms with Crippen molar-refractivity contribution >= 4 is 15.9 Å². The van der Waals surface area contributed by atoms with Crippen LogP contribution in [0.5, 0.6) is 0 Å². The smallest absolute Gasteiger partial charge is 0.234 e. The molecule has 1 fully saturated rings. The Balaban J connectivity index is 2.60. The number of carbonyl (C=O) groups excluding carboxylic acids is 1. The van der Waals surface area contributed by atoms with Crippen LogP contribution >= 0.6 is 0 Å². The molecule has 19 heavy (non-hydrogen) atoms. The van der Waals surface area contributed by atoms with Crippen LogP contribution in [0.1, 0.15) is 33.6 Å². The molecule has 1 aliphatic heterocycles. The van der Waals surface area contributed by atoms with Gasteiger partial charge < -0.3 is 5.73 Å². The summed E-state index contributed by atoms with van der Waals surface area (Å²) in [5, 5.41) is 0. The third-order valence-electron chi connectivity index (χ3n) is 3.58. The van der Waals surface area contributed by atoms with Crippen molar-refractivity contribution in [3.05, 3.63) is 0 Å². The molecule has 0 aromatic heterocycles. The number of sulfonamides is 1. The van der Waals surface area contributed by atoms with Crippen molar-refractivity contribution in [2.75, 3.05) is 26.7 Å². The van der Waals surface area contributed by atoms with Crippen LogP contribution in [-0.4, -0.2) is 61.0 Å². The summed E-state index contributed by atoms with van der Waals surface area (Å²) in [7, 11) is -1.74. The average molecular weight is 291 g/mol. The number of nitrogens with zero attached hydrogens (tertiary/aromatic N) is 2. The van der Waals surface area contributed by atoms with Gasteiger partial charge in [-0.05, 0) is 40.2 Å². The van der Waals surface area contributed by atoms with Crippen molar-refractivity contribution in [3.63, 3.8) is 0 Å². The highest BCUT2D eigenvalue weighted by Crippen LogP contribution is 2.20. The summed E-state index contributed by atoms with van der Waals surface area (Å²) in [6.45, 7) is 6.77. The summed E-state index contributed by atoms with van der Waals surface area (Å²) < 4.78 is 24.9. The van der Waals surface area contributed by atoms with Crippen molar-refractivity contribution in [3.8, 4) is 0 Å². The van der Waals surface area contributed by atoms with E-state index in [0.29, 0.717) is 13.1 Å². The first-order chi connectivity index (χ1) is 8.57. The summed E-state index contributed by atoms with van der Waals surface area (Å²) in [6.07, 6.45) is 1.70. The number of rotatable bonds is 5. The second-order valence-electron chi connectivity index (χ2n) is 6.04. The van der Waals surface area contributed by atoms with E-state index in [4.69, 9.17) is 5.73 Å². The van der Waals surface area contributed by atoms with Gasteiger partial charge in [-0.3, -0.25) is 9.69 Å². The average Bonchev–Trinajstić information content (AvgIpc) is 2.72. The first-order valence-electron chi connectivity index (χ1n) is 6.56.